The summed E-state index contributed by atoms with van der Waals surface area (Å²) < 4.78 is 0. The first-order chi connectivity index (χ1) is 13.1. The standard InChI is InChI=1S/C21H20ClN3O2/c22-21-23-16-10-14-4-2-1-3-13(14)9-15(16)19(25-21)24-18-12-7-5-11(6-8-12)17(18)20(26)27/h1-4,9-12,17-18H,5-8H2,(H,26,27)(H,23,24,25). The van der Waals surface area contributed by atoms with E-state index >= 15 is 0 Å². The highest BCUT2D eigenvalue weighted by Crippen LogP contribution is 2.46. The highest BCUT2D eigenvalue weighted by Gasteiger charge is 2.47. The highest BCUT2D eigenvalue weighted by molar-refractivity contribution is 6.29. The molecule has 2 atom stereocenters. The zero-order valence-corrected chi connectivity index (χ0v) is 15.5. The number of anilines is 1. The predicted molar refractivity (Wildman–Crippen MR) is 106 cm³/mol. The van der Waals surface area contributed by atoms with Crippen molar-refractivity contribution >= 4 is 45.1 Å². The van der Waals surface area contributed by atoms with Crippen LogP contribution in [0.1, 0.15) is 25.7 Å². The molecule has 2 bridgehead atoms. The molecule has 3 fully saturated rings. The Morgan fingerprint density at radius 2 is 1.70 bits per heavy atom. The predicted octanol–water partition coefficient (Wildman–Crippen LogP) is 4.74. The van der Waals surface area contributed by atoms with Crippen molar-refractivity contribution < 1.29 is 9.90 Å². The van der Waals surface area contributed by atoms with Crippen LogP contribution in [0.15, 0.2) is 36.4 Å². The third-order valence-electron chi connectivity index (χ3n) is 6.34. The van der Waals surface area contributed by atoms with Gasteiger partial charge in [-0.25, -0.2) is 9.97 Å². The van der Waals surface area contributed by atoms with Crippen LogP contribution in [-0.4, -0.2) is 27.1 Å². The SMILES string of the molecule is O=C(O)C1C2CCC(CC2)C1Nc1nc(Cl)nc2cc3ccccc3cc12. The molecule has 2 unspecified atom stereocenters. The van der Waals surface area contributed by atoms with Gasteiger partial charge in [0.05, 0.1) is 11.4 Å². The van der Waals surface area contributed by atoms with E-state index in [1.165, 1.54) is 0 Å². The molecule has 138 valence electrons. The van der Waals surface area contributed by atoms with Crippen molar-refractivity contribution in [2.75, 3.05) is 5.32 Å². The lowest BCUT2D eigenvalue weighted by Crippen LogP contribution is -2.51. The zero-order chi connectivity index (χ0) is 18.5. The van der Waals surface area contributed by atoms with E-state index in [0.717, 1.165) is 47.4 Å². The molecule has 0 saturated heterocycles. The second-order valence-corrected chi connectivity index (χ2v) is 8.10. The molecule has 3 saturated carbocycles. The van der Waals surface area contributed by atoms with Crippen LogP contribution in [0.4, 0.5) is 5.82 Å². The van der Waals surface area contributed by atoms with E-state index in [1.807, 2.05) is 24.3 Å². The van der Waals surface area contributed by atoms with Crippen molar-refractivity contribution in [3.8, 4) is 0 Å². The molecule has 3 aliphatic rings. The third-order valence-corrected chi connectivity index (χ3v) is 6.51. The summed E-state index contributed by atoms with van der Waals surface area (Å²) in [6, 6.07) is 12.0. The Labute approximate surface area is 161 Å². The Hall–Kier alpha value is -2.40. The molecule has 5 nitrogen and oxygen atoms in total. The maximum Gasteiger partial charge on any atom is 0.308 e. The number of nitrogens with zero attached hydrogens (tertiary/aromatic N) is 2. The molecule has 3 aromatic rings. The lowest BCUT2D eigenvalue weighted by molar-refractivity contribution is -0.148. The van der Waals surface area contributed by atoms with Gasteiger partial charge in [0.1, 0.15) is 5.82 Å². The third kappa shape index (κ3) is 2.81. The van der Waals surface area contributed by atoms with Crippen molar-refractivity contribution in [3.05, 3.63) is 41.7 Å². The quantitative estimate of drug-likeness (QED) is 0.506. The maximum atomic E-state index is 12.0. The summed E-state index contributed by atoms with van der Waals surface area (Å²) in [7, 11) is 0. The molecule has 0 radical (unpaired) electrons. The molecule has 0 amide bonds. The molecule has 2 aromatic carbocycles. The minimum absolute atomic E-state index is 0.115. The van der Waals surface area contributed by atoms with Gasteiger partial charge < -0.3 is 10.4 Å². The van der Waals surface area contributed by atoms with Gasteiger partial charge in [-0.3, -0.25) is 4.79 Å². The fraction of sp³-hybridized carbons (Fsp3) is 0.381. The van der Waals surface area contributed by atoms with E-state index in [1.54, 1.807) is 0 Å². The van der Waals surface area contributed by atoms with Gasteiger partial charge in [0, 0.05) is 11.4 Å². The number of hydrogen-bond acceptors (Lipinski definition) is 4. The van der Waals surface area contributed by atoms with Crippen molar-refractivity contribution in [3.63, 3.8) is 0 Å². The Balaban J connectivity index is 1.61. The molecular weight excluding hydrogens is 362 g/mol. The van der Waals surface area contributed by atoms with Gasteiger partial charge in [0.25, 0.3) is 0 Å². The lowest BCUT2D eigenvalue weighted by Gasteiger charge is -2.47. The van der Waals surface area contributed by atoms with Crippen LogP contribution in [-0.2, 0) is 4.79 Å². The molecule has 1 heterocycles. The molecule has 6 rings (SSSR count). The van der Waals surface area contributed by atoms with Crippen molar-refractivity contribution in [1.82, 2.24) is 9.97 Å². The number of carbonyl (C=O) groups is 1. The van der Waals surface area contributed by atoms with E-state index in [0.29, 0.717) is 11.7 Å². The molecule has 1 aromatic heterocycles. The number of aliphatic carboxylic acids is 1. The Morgan fingerprint density at radius 3 is 2.41 bits per heavy atom. The smallest absolute Gasteiger partial charge is 0.308 e. The second-order valence-electron chi connectivity index (χ2n) is 7.77. The number of hydrogen-bond donors (Lipinski definition) is 2. The van der Waals surface area contributed by atoms with Crippen LogP contribution in [0.3, 0.4) is 0 Å². The minimum atomic E-state index is -0.711. The Bertz CT molecular complexity index is 1050. The van der Waals surface area contributed by atoms with Crippen LogP contribution in [0.25, 0.3) is 21.7 Å². The number of carboxylic acids is 1. The molecule has 2 N–H and O–H groups in total. The van der Waals surface area contributed by atoms with E-state index in [4.69, 9.17) is 11.6 Å². The lowest BCUT2D eigenvalue weighted by atomic mass is 9.61. The van der Waals surface area contributed by atoms with Gasteiger partial charge in [0.2, 0.25) is 5.28 Å². The summed E-state index contributed by atoms with van der Waals surface area (Å²) in [6.07, 6.45) is 4.17. The largest absolute Gasteiger partial charge is 0.481 e. The molecular formula is C21H20ClN3O2. The number of benzene rings is 2. The first-order valence-electron chi connectivity index (χ1n) is 9.45. The van der Waals surface area contributed by atoms with Crippen LogP contribution in [0, 0.1) is 17.8 Å². The first-order valence-corrected chi connectivity index (χ1v) is 9.83. The summed E-state index contributed by atoms with van der Waals surface area (Å²) in [5.41, 5.74) is 0.768. The van der Waals surface area contributed by atoms with Crippen LogP contribution >= 0.6 is 11.6 Å². The maximum absolute atomic E-state index is 12.0. The number of halogens is 1. The Morgan fingerprint density at radius 1 is 1.04 bits per heavy atom. The van der Waals surface area contributed by atoms with E-state index in [9.17, 15) is 9.90 Å². The Kier molecular flexibility index (Phi) is 3.93. The summed E-state index contributed by atoms with van der Waals surface area (Å²) in [6.45, 7) is 0. The van der Waals surface area contributed by atoms with Crippen LogP contribution in [0.5, 0.6) is 0 Å². The second kappa shape index (κ2) is 6.34. The summed E-state index contributed by atoms with van der Waals surface area (Å²) in [5, 5.41) is 16.5. The number of rotatable bonds is 3. The summed E-state index contributed by atoms with van der Waals surface area (Å²) >= 11 is 6.19. The number of fused-ring (bicyclic) bond motifs is 5. The van der Waals surface area contributed by atoms with Gasteiger partial charge in [-0.2, -0.15) is 0 Å². The molecule has 6 heteroatoms. The van der Waals surface area contributed by atoms with Gasteiger partial charge in [-0.1, -0.05) is 24.3 Å². The fourth-order valence-corrected chi connectivity index (χ4v) is 5.24. The number of nitrogens with one attached hydrogen (secondary N) is 1. The van der Waals surface area contributed by atoms with E-state index in [-0.39, 0.29) is 23.2 Å². The van der Waals surface area contributed by atoms with Crippen LogP contribution in [0.2, 0.25) is 5.28 Å². The van der Waals surface area contributed by atoms with Crippen molar-refractivity contribution in [2.24, 2.45) is 17.8 Å². The normalized spacial score (nSPS) is 27.1. The average Bonchev–Trinajstić information content (AvgIpc) is 2.67. The summed E-state index contributed by atoms with van der Waals surface area (Å²) in [4.78, 5) is 20.8. The molecule has 3 aliphatic carbocycles. The van der Waals surface area contributed by atoms with Crippen molar-refractivity contribution in [1.29, 1.82) is 0 Å². The topological polar surface area (TPSA) is 75.1 Å². The van der Waals surface area contributed by atoms with Crippen molar-refractivity contribution in [2.45, 2.75) is 31.7 Å². The number of carboxylic acid groups (broad SMARTS) is 1. The van der Waals surface area contributed by atoms with E-state index in [2.05, 4.69) is 27.4 Å². The van der Waals surface area contributed by atoms with Gasteiger partial charge >= 0.3 is 5.97 Å². The fourth-order valence-electron chi connectivity index (χ4n) is 5.07. The average molecular weight is 382 g/mol. The van der Waals surface area contributed by atoms with Crippen LogP contribution < -0.4 is 5.32 Å². The number of aromatic nitrogens is 2. The molecule has 0 spiro atoms. The summed E-state index contributed by atoms with van der Waals surface area (Å²) in [5.74, 6) is 0.160. The van der Waals surface area contributed by atoms with Gasteiger partial charge in [-0.05, 0) is 72.0 Å². The monoisotopic (exact) mass is 381 g/mol. The molecule has 27 heavy (non-hydrogen) atoms. The highest BCUT2D eigenvalue weighted by atomic mass is 35.5. The van der Waals surface area contributed by atoms with Gasteiger partial charge in [0.15, 0.2) is 0 Å². The zero-order valence-electron chi connectivity index (χ0n) is 14.7. The minimum Gasteiger partial charge on any atom is -0.481 e. The molecule has 0 aliphatic heterocycles. The van der Waals surface area contributed by atoms with E-state index < -0.39 is 5.97 Å². The first kappa shape index (κ1) is 16.8. The van der Waals surface area contributed by atoms with Gasteiger partial charge in [-0.15, -0.1) is 0 Å².